The number of nitrogens with zero attached hydrogens (tertiary/aromatic N) is 1. The molecule has 0 spiro atoms. The number of aryl methyl sites for hydroxylation is 1. The summed E-state index contributed by atoms with van der Waals surface area (Å²) in [5, 5.41) is 9.00. The average Bonchev–Trinajstić information content (AvgIpc) is 2.63. The Bertz CT molecular complexity index is 982. The standard InChI is InChI=1S/C19H15F2N3O2/c20-14-5-6-16(21)12(10-14)4-8-18(25)22-15-3-1-2-13(11-15)17-7-9-19(26)24-23-17/h1-3,5-7,9-11H,4,8H2,(H,22,25)(H,24,26). The van der Waals surface area contributed by atoms with Crippen molar-refractivity contribution >= 4 is 11.6 Å². The molecule has 7 heteroatoms. The van der Waals surface area contributed by atoms with Crippen molar-refractivity contribution in [2.24, 2.45) is 0 Å². The number of benzene rings is 2. The second-order valence-electron chi connectivity index (χ2n) is 5.67. The molecular weight excluding hydrogens is 340 g/mol. The molecule has 1 aromatic heterocycles. The second-order valence-corrected chi connectivity index (χ2v) is 5.67. The van der Waals surface area contributed by atoms with Crippen LogP contribution in [-0.4, -0.2) is 16.1 Å². The van der Waals surface area contributed by atoms with Crippen molar-refractivity contribution in [3.05, 3.63) is 82.1 Å². The summed E-state index contributed by atoms with van der Waals surface area (Å²) in [4.78, 5) is 23.2. The maximum Gasteiger partial charge on any atom is 0.264 e. The summed E-state index contributed by atoms with van der Waals surface area (Å²) in [5.74, 6) is -1.39. The smallest absolute Gasteiger partial charge is 0.264 e. The third-order valence-corrected chi connectivity index (χ3v) is 3.75. The highest BCUT2D eigenvalue weighted by Crippen LogP contribution is 2.20. The largest absolute Gasteiger partial charge is 0.326 e. The summed E-state index contributed by atoms with van der Waals surface area (Å²) in [7, 11) is 0. The Labute approximate surface area is 147 Å². The van der Waals surface area contributed by atoms with Crippen LogP contribution in [0.2, 0.25) is 0 Å². The third kappa shape index (κ3) is 4.38. The normalized spacial score (nSPS) is 10.5. The quantitative estimate of drug-likeness (QED) is 0.737. The van der Waals surface area contributed by atoms with Crippen LogP contribution < -0.4 is 10.9 Å². The molecular formula is C19H15F2N3O2. The van der Waals surface area contributed by atoms with Crippen LogP contribution in [0.5, 0.6) is 0 Å². The molecule has 132 valence electrons. The van der Waals surface area contributed by atoms with E-state index in [4.69, 9.17) is 0 Å². The van der Waals surface area contributed by atoms with Gasteiger partial charge < -0.3 is 5.32 Å². The summed E-state index contributed by atoms with van der Waals surface area (Å²) in [6.07, 6.45) is 0.109. The number of H-pyrrole nitrogens is 1. The number of hydrogen-bond donors (Lipinski definition) is 2. The molecule has 0 bridgehead atoms. The van der Waals surface area contributed by atoms with Gasteiger partial charge in [0.1, 0.15) is 11.6 Å². The molecule has 26 heavy (non-hydrogen) atoms. The summed E-state index contributed by atoms with van der Waals surface area (Å²) < 4.78 is 26.7. The van der Waals surface area contributed by atoms with Gasteiger partial charge in [-0.2, -0.15) is 5.10 Å². The first kappa shape index (κ1) is 17.5. The van der Waals surface area contributed by atoms with Gasteiger partial charge in [-0.25, -0.2) is 13.9 Å². The number of aromatic nitrogens is 2. The van der Waals surface area contributed by atoms with Gasteiger partial charge in [0.05, 0.1) is 5.69 Å². The zero-order chi connectivity index (χ0) is 18.5. The molecule has 3 aromatic rings. The molecule has 2 N–H and O–H groups in total. The first-order chi connectivity index (χ1) is 12.5. The van der Waals surface area contributed by atoms with Gasteiger partial charge in [0.25, 0.3) is 5.56 Å². The Morgan fingerprint density at radius 2 is 1.92 bits per heavy atom. The van der Waals surface area contributed by atoms with E-state index in [9.17, 15) is 18.4 Å². The minimum absolute atomic E-state index is 0.0154. The maximum absolute atomic E-state index is 13.6. The lowest BCUT2D eigenvalue weighted by atomic mass is 10.1. The summed E-state index contributed by atoms with van der Waals surface area (Å²) in [6, 6.07) is 13.1. The highest BCUT2D eigenvalue weighted by molar-refractivity contribution is 5.91. The van der Waals surface area contributed by atoms with Crippen LogP contribution >= 0.6 is 0 Å². The maximum atomic E-state index is 13.6. The van der Waals surface area contributed by atoms with Gasteiger partial charge in [-0.15, -0.1) is 0 Å². The van der Waals surface area contributed by atoms with Crippen molar-refractivity contribution in [1.29, 1.82) is 0 Å². The van der Waals surface area contributed by atoms with Gasteiger partial charge in [-0.1, -0.05) is 12.1 Å². The molecule has 0 atom stereocenters. The molecule has 1 amide bonds. The van der Waals surface area contributed by atoms with Gasteiger partial charge >= 0.3 is 0 Å². The fraction of sp³-hybridized carbons (Fsp3) is 0.105. The highest BCUT2D eigenvalue weighted by atomic mass is 19.1. The summed E-state index contributed by atoms with van der Waals surface area (Å²) >= 11 is 0. The Morgan fingerprint density at radius 1 is 1.08 bits per heavy atom. The first-order valence-electron chi connectivity index (χ1n) is 7.91. The number of amides is 1. The number of aromatic amines is 1. The zero-order valence-corrected chi connectivity index (χ0v) is 13.6. The molecule has 0 saturated heterocycles. The summed E-state index contributed by atoms with van der Waals surface area (Å²) in [5.41, 5.74) is 1.67. The molecule has 0 unspecified atom stereocenters. The lowest BCUT2D eigenvalue weighted by Crippen LogP contribution is -2.13. The van der Waals surface area contributed by atoms with E-state index in [0.29, 0.717) is 11.4 Å². The molecule has 0 radical (unpaired) electrons. The highest BCUT2D eigenvalue weighted by Gasteiger charge is 2.09. The zero-order valence-electron chi connectivity index (χ0n) is 13.6. The van der Waals surface area contributed by atoms with E-state index >= 15 is 0 Å². The van der Waals surface area contributed by atoms with E-state index in [-0.39, 0.29) is 29.9 Å². The number of rotatable bonds is 5. The fourth-order valence-electron chi connectivity index (χ4n) is 2.47. The monoisotopic (exact) mass is 355 g/mol. The van der Waals surface area contributed by atoms with E-state index in [1.54, 1.807) is 30.3 Å². The van der Waals surface area contributed by atoms with Gasteiger partial charge in [0, 0.05) is 23.7 Å². The predicted octanol–water partition coefficient (Wildman–Crippen LogP) is 3.29. The number of anilines is 1. The molecule has 0 aliphatic carbocycles. The fourth-order valence-corrected chi connectivity index (χ4v) is 2.47. The lowest BCUT2D eigenvalue weighted by molar-refractivity contribution is -0.116. The Balaban J connectivity index is 1.66. The van der Waals surface area contributed by atoms with Crippen LogP contribution in [0.1, 0.15) is 12.0 Å². The van der Waals surface area contributed by atoms with Crippen LogP contribution in [0.3, 0.4) is 0 Å². The second kappa shape index (κ2) is 7.69. The minimum Gasteiger partial charge on any atom is -0.326 e. The Morgan fingerprint density at radius 3 is 2.69 bits per heavy atom. The predicted molar refractivity (Wildman–Crippen MR) is 93.6 cm³/mol. The van der Waals surface area contributed by atoms with Crippen molar-refractivity contribution in [2.75, 3.05) is 5.32 Å². The van der Waals surface area contributed by atoms with E-state index in [1.165, 1.54) is 6.07 Å². The van der Waals surface area contributed by atoms with Gasteiger partial charge in [0.15, 0.2) is 0 Å². The van der Waals surface area contributed by atoms with Gasteiger partial charge in [0.2, 0.25) is 5.91 Å². The van der Waals surface area contributed by atoms with Crippen molar-refractivity contribution < 1.29 is 13.6 Å². The van der Waals surface area contributed by atoms with Crippen LogP contribution in [0, 0.1) is 11.6 Å². The molecule has 0 saturated carbocycles. The van der Waals surface area contributed by atoms with E-state index in [0.717, 1.165) is 23.8 Å². The van der Waals surface area contributed by atoms with Crippen molar-refractivity contribution in [1.82, 2.24) is 10.2 Å². The number of carbonyl (C=O) groups excluding carboxylic acids is 1. The van der Waals surface area contributed by atoms with Crippen LogP contribution in [0.4, 0.5) is 14.5 Å². The number of carbonyl (C=O) groups is 1. The molecule has 1 heterocycles. The first-order valence-corrected chi connectivity index (χ1v) is 7.91. The van der Waals surface area contributed by atoms with Crippen molar-refractivity contribution in [3.8, 4) is 11.3 Å². The SMILES string of the molecule is O=C(CCc1cc(F)ccc1F)Nc1cccc(-c2ccc(=O)[nH]n2)c1. The van der Waals surface area contributed by atoms with E-state index in [2.05, 4.69) is 15.5 Å². The minimum atomic E-state index is -0.539. The van der Waals surface area contributed by atoms with Crippen molar-refractivity contribution in [3.63, 3.8) is 0 Å². The van der Waals surface area contributed by atoms with Crippen LogP contribution in [0.15, 0.2) is 59.4 Å². The molecule has 2 aromatic carbocycles. The molecule has 3 rings (SSSR count). The number of nitrogens with one attached hydrogen (secondary N) is 2. The van der Waals surface area contributed by atoms with E-state index < -0.39 is 11.6 Å². The van der Waals surface area contributed by atoms with Gasteiger partial charge in [-0.3, -0.25) is 9.59 Å². The number of halogens is 2. The number of hydrogen-bond acceptors (Lipinski definition) is 3. The van der Waals surface area contributed by atoms with Crippen LogP contribution in [0.25, 0.3) is 11.3 Å². The molecule has 5 nitrogen and oxygen atoms in total. The van der Waals surface area contributed by atoms with Crippen LogP contribution in [-0.2, 0) is 11.2 Å². The Kier molecular flexibility index (Phi) is 5.17. The molecule has 0 aliphatic heterocycles. The molecule has 0 aliphatic rings. The summed E-state index contributed by atoms with van der Waals surface area (Å²) in [6.45, 7) is 0. The van der Waals surface area contributed by atoms with E-state index in [1.807, 2.05) is 0 Å². The third-order valence-electron chi connectivity index (χ3n) is 3.75. The lowest BCUT2D eigenvalue weighted by Gasteiger charge is -2.08. The Hall–Kier alpha value is -3.35. The molecule has 0 fully saturated rings. The van der Waals surface area contributed by atoms with Gasteiger partial charge in [-0.05, 0) is 48.4 Å². The topological polar surface area (TPSA) is 74.8 Å². The van der Waals surface area contributed by atoms with Crippen molar-refractivity contribution in [2.45, 2.75) is 12.8 Å². The average molecular weight is 355 g/mol.